The van der Waals surface area contributed by atoms with E-state index in [2.05, 4.69) is 23.5 Å². The van der Waals surface area contributed by atoms with E-state index in [1.54, 1.807) is 0 Å². The Morgan fingerprint density at radius 3 is 3.14 bits per heavy atom. The predicted octanol–water partition coefficient (Wildman–Crippen LogP) is 1.21. The zero-order valence-corrected chi connectivity index (χ0v) is 4.27. The van der Waals surface area contributed by atoms with Crippen molar-refractivity contribution in [2.75, 3.05) is 0 Å². The highest BCUT2D eigenvalue weighted by Crippen LogP contribution is 2.05. The monoisotopic (exact) mass is 97.1 g/mol. The van der Waals surface area contributed by atoms with Crippen LogP contribution in [-0.2, 0) is 4.84 Å². The van der Waals surface area contributed by atoms with Crippen molar-refractivity contribution in [1.82, 2.24) is 0 Å². The van der Waals surface area contributed by atoms with Gasteiger partial charge in [0.05, 0.1) is 5.71 Å². The molecule has 0 unspecified atom stereocenters. The van der Waals surface area contributed by atoms with Gasteiger partial charge in [-0.3, -0.25) is 0 Å². The van der Waals surface area contributed by atoms with Crippen LogP contribution in [0.25, 0.3) is 0 Å². The van der Waals surface area contributed by atoms with E-state index >= 15 is 0 Å². The molecule has 0 aliphatic carbocycles. The second-order valence-corrected chi connectivity index (χ2v) is 1.42. The van der Waals surface area contributed by atoms with E-state index in [1.165, 1.54) is 0 Å². The molecule has 2 nitrogen and oxygen atoms in total. The largest absolute Gasteiger partial charge is 0.380 e. The maximum atomic E-state index is 4.49. The molecule has 0 bridgehead atoms. The van der Waals surface area contributed by atoms with E-state index in [0.29, 0.717) is 0 Å². The van der Waals surface area contributed by atoms with Gasteiger partial charge in [0.1, 0.15) is 0 Å². The Hall–Kier alpha value is -0.530. The molecule has 0 atom stereocenters. The summed E-state index contributed by atoms with van der Waals surface area (Å²) in [6.45, 7) is 4.67. The van der Waals surface area contributed by atoms with Crippen molar-refractivity contribution >= 4 is 5.71 Å². The van der Waals surface area contributed by atoms with Crippen LogP contribution in [0.4, 0.5) is 0 Å². The van der Waals surface area contributed by atoms with E-state index in [4.69, 9.17) is 0 Å². The standard InChI is InChI=1S/C5H7NO/c1-2-5-3-4-7-6-5/h2-3H2,1H3. The third-order valence-electron chi connectivity index (χ3n) is 0.924. The maximum Gasteiger partial charge on any atom is 0.235 e. The molecule has 0 saturated heterocycles. The van der Waals surface area contributed by atoms with Crippen LogP contribution in [0, 0.1) is 6.61 Å². The van der Waals surface area contributed by atoms with E-state index in [9.17, 15) is 0 Å². The Bertz CT molecular complexity index is 88.1. The van der Waals surface area contributed by atoms with Crippen molar-refractivity contribution in [3.05, 3.63) is 6.61 Å². The summed E-state index contributed by atoms with van der Waals surface area (Å²) in [5.41, 5.74) is 1.08. The summed E-state index contributed by atoms with van der Waals surface area (Å²) in [6.07, 6.45) is 1.77. The van der Waals surface area contributed by atoms with Crippen LogP contribution in [0.2, 0.25) is 0 Å². The molecule has 0 amide bonds. The zero-order chi connectivity index (χ0) is 5.11. The highest BCUT2D eigenvalue weighted by molar-refractivity contribution is 5.85. The maximum absolute atomic E-state index is 4.49. The first-order valence-corrected chi connectivity index (χ1v) is 2.38. The average Bonchev–Trinajstić information content (AvgIpc) is 2.14. The number of nitrogens with zero attached hydrogens (tertiary/aromatic N) is 1. The van der Waals surface area contributed by atoms with Crippen LogP contribution in [-0.4, -0.2) is 5.71 Å². The molecule has 0 aromatic carbocycles. The second-order valence-electron chi connectivity index (χ2n) is 1.42. The summed E-state index contributed by atoms with van der Waals surface area (Å²) in [5, 5.41) is 3.66. The fraction of sp³-hybridized carbons (Fsp3) is 0.600. The number of oxime groups is 1. The van der Waals surface area contributed by atoms with E-state index < -0.39 is 0 Å². The molecule has 2 radical (unpaired) electrons. The van der Waals surface area contributed by atoms with Gasteiger partial charge in [0, 0.05) is 6.42 Å². The molecular formula is C5H7NO. The van der Waals surface area contributed by atoms with Crippen LogP contribution >= 0.6 is 0 Å². The lowest BCUT2D eigenvalue weighted by Crippen LogP contribution is -1.86. The number of hydrogen-bond donors (Lipinski definition) is 0. The highest BCUT2D eigenvalue weighted by Gasteiger charge is 2.05. The Morgan fingerprint density at radius 2 is 2.86 bits per heavy atom. The molecule has 1 rings (SSSR count). The van der Waals surface area contributed by atoms with Gasteiger partial charge in [0.2, 0.25) is 6.61 Å². The van der Waals surface area contributed by atoms with Crippen molar-refractivity contribution in [2.24, 2.45) is 5.16 Å². The molecule has 0 aromatic rings. The van der Waals surface area contributed by atoms with Gasteiger partial charge in [-0.15, -0.1) is 0 Å². The summed E-state index contributed by atoms with van der Waals surface area (Å²) in [7, 11) is 0. The van der Waals surface area contributed by atoms with Crippen molar-refractivity contribution < 1.29 is 4.84 Å². The van der Waals surface area contributed by atoms with Gasteiger partial charge in [-0.25, -0.2) is 0 Å². The lowest BCUT2D eigenvalue weighted by molar-refractivity contribution is 0.234. The molecule has 7 heavy (non-hydrogen) atoms. The molecular weight excluding hydrogens is 90.1 g/mol. The molecule has 0 aromatic heterocycles. The zero-order valence-electron chi connectivity index (χ0n) is 4.27. The fourth-order valence-electron chi connectivity index (χ4n) is 0.434. The third-order valence-corrected chi connectivity index (χ3v) is 0.924. The Kier molecular flexibility index (Phi) is 1.29. The minimum atomic E-state index is 0.788. The molecule has 1 heterocycles. The first kappa shape index (κ1) is 4.62. The minimum Gasteiger partial charge on any atom is -0.380 e. The Morgan fingerprint density at radius 1 is 2.00 bits per heavy atom. The van der Waals surface area contributed by atoms with Gasteiger partial charge in [-0.1, -0.05) is 12.1 Å². The summed E-state index contributed by atoms with van der Waals surface area (Å²) in [4.78, 5) is 4.49. The summed E-state index contributed by atoms with van der Waals surface area (Å²) in [6, 6.07) is 0. The van der Waals surface area contributed by atoms with Crippen LogP contribution in [0.15, 0.2) is 5.16 Å². The lowest BCUT2D eigenvalue weighted by Gasteiger charge is -1.80. The molecule has 0 fully saturated rings. The molecule has 1 aliphatic heterocycles. The summed E-state index contributed by atoms with van der Waals surface area (Å²) < 4.78 is 0. The average molecular weight is 97.1 g/mol. The topological polar surface area (TPSA) is 21.6 Å². The molecule has 2 heteroatoms. The van der Waals surface area contributed by atoms with Gasteiger partial charge < -0.3 is 4.84 Å². The Labute approximate surface area is 43.2 Å². The van der Waals surface area contributed by atoms with Gasteiger partial charge in [0.15, 0.2) is 0 Å². The molecule has 0 saturated carbocycles. The first-order valence-electron chi connectivity index (χ1n) is 2.38. The fourth-order valence-corrected chi connectivity index (χ4v) is 0.434. The van der Waals surface area contributed by atoms with Crippen molar-refractivity contribution in [3.8, 4) is 0 Å². The van der Waals surface area contributed by atoms with Gasteiger partial charge in [-0.2, -0.15) is 0 Å². The molecule has 38 valence electrons. The van der Waals surface area contributed by atoms with Crippen LogP contribution < -0.4 is 0 Å². The molecule has 0 N–H and O–H groups in total. The smallest absolute Gasteiger partial charge is 0.235 e. The van der Waals surface area contributed by atoms with Crippen LogP contribution in [0.3, 0.4) is 0 Å². The van der Waals surface area contributed by atoms with Gasteiger partial charge in [-0.05, 0) is 6.42 Å². The van der Waals surface area contributed by atoms with Crippen molar-refractivity contribution in [2.45, 2.75) is 19.8 Å². The van der Waals surface area contributed by atoms with E-state index in [-0.39, 0.29) is 0 Å². The van der Waals surface area contributed by atoms with Gasteiger partial charge in [0.25, 0.3) is 0 Å². The third kappa shape index (κ3) is 0.918. The van der Waals surface area contributed by atoms with Crippen LogP contribution in [0.1, 0.15) is 19.8 Å². The predicted molar refractivity (Wildman–Crippen MR) is 26.7 cm³/mol. The highest BCUT2D eigenvalue weighted by atomic mass is 16.6. The number of rotatable bonds is 1. The normalized spacial score (nSPS) is 18.7. The molecule has 0 spiro atoms. The van der Waals surface area contributed by atoms with Gasteiger partial charge >= 0.3 is 0 Å². The SMILES string of the molecule is CCC1=NO[C]C1. The van der Waals surface area contributed by atoms with E-state index in [0.717, 1.165) is 18.6 Å². The van der Waals surface area contributed by atoms with Crippen molar-refractivity contribution in [1.29, 1.82) is 0 Å². The van der Waals surface area contributed by atoms with E-state index in [1.807, 2.05) is 0 Å². The number of hydrogen-bond acceptors (Lipinski definition) is 2. The summed E-state index contributed by atoms with van der Waals surface area (Å²) in [5.74, 6) is 0. The Balaban J connectivity index is 2.36. The second kappa shape index (κ2) is 1.96. The van der Waals surface area contributed by atoms with Crippen LogP contribution in [0.5, 0.6) is 0 Å². The molecule has 1 aliphatic rings. The quantitative estimate of drug-likeness (QED) is 0.482. The lowest BCUT2D eigenvalue weighted by atomic mass is 10.2. The summed E-state index contributed by atoms with van der Waals surface area (Å²) >= 11 is 0. The van der Waals surface area contributed by atoms with Crippen molar-refractivity contribution in [3.63, 3.8) is 0 Å². The minimum absolute atomic E-state index is 0.788. The first-order chi connectivity index (χ1) is 3.43.